The fraction of sp³-hybridized carbons (Fsp3) is 0.611. The number of hydrogen-bond donors (Lipinski definition) is 2. The molecular formula is C18H28N4O3S. The summed E-state index contributed by atoms with van der Waals surface area (Å²) in [5.41, 5.74) is 1.43. The molecule has 8 heteroatoms. The van der Waals surface area contributed by atoms with E-state index in [1.54, 1.807) is 22.5 Å². The van der Waals surface area contributed by atoms with E-state index in [4.69, 9.17) is 0 Å². The van der Waals surface area contributed by atoms with E-state index < -0.39 is 10.0 Å². The van der Waals surface area contributed by atoms with Gasteiger partial charge in [0.05, 0.1) is 11.4 Å². The number of nitrogens with one attached hydrogen (secondary N) is 2. The molecule has 1 aromatic carbocycles. The van der Waals surface area contributed by atoms with Gasteiger partial charge in [-0.3, -0.25) is 9.69 Å². The first-order chi connectivity index (χ1) is 12.5. The Morgan fingerprint density at radius 3 is 2.50 bits per heavy atom. The predicted molar refractivity (Wildman–Crippen MR) is 102 cm³/mol. The van der Waals surface area contributed by atoms with Crippen LogP contribution >= 0.6 is 0 Å². The van der Waals surface area contributed by atoms with Gasteiger partial charge in [0.2, 0.25) is 15.9 Å². The minimum absolute atomic E-state index is 0.109. The van der Waals surface area contributed by atoms with E-state index in [1.807, 2.05) is 6.92 Å². The normalized spacial score (nSPS) is 20.0. The molecule has 7 nitrogen and oxygen atoms in total. The number of anilines is 1. The molecule has 2 heterocycles. The molecule has 0 bridgehead atoms. The van der Waals surface area contributed by atoms with Crippen LogP contribution in [0, 0.1) is 6.92 Å². The van der Waals surface area contributed by atoms with Gasteiger partial charge >= 0.3 is 0 Å². The van der Waals surface area contributed by atoms with Crippen molar-refractivity contribution in [3.05, 3.63) is 23.8 Å². The summed E-state index contributed by atoms with van der Waals surface area (Å²) in [5, 5.41) is 6.15. The summed E-state index contributed by atoms with van der Waals surface area (Å²) >= 11 is 0. The second-order valence-corrected chi connectivity index (χ2v) is 8.95. The Labute approximate surface area is 155 Å². The summed E-state index contributed by atoms with van der Waals surface area (Å²) in [7, 11) is -3.50. The molecule has 26 heavy (non-hydrogen) atoms. The first-order valence-corrected chi connectivity index (χ1v) is 10.7. The Balaban J connectivity index is 1.71. The minimum atomic E-state index is -3.50. The highest BCUT2D eigenvalue weighted by atomic mass is 32.2. The van der Waals surface area contributed by atoms with Crippen molar-refractivity contribution in [3.63, 3.8) is 0 Å². The Morgan fingerprint density at radius 1 is 1.12 bits per heavy atom. The number of sulfonamides is 1. The van der Waals surface area contributed by atoms with Gasteiger partial charge in [-0.05, 0) is 37.5 Å². The van der Waals surface area contributed by atoms with Crippen LogP contribution in [0.5, 0.6) is 0 Å². The van der Waals surface area contributed by atoms with Crippen molar-refractivity contribution >= 4 is 21.6 Å². The van der Waals surface area contributed by atoms with Gasteiger partial charge in [-0.25, -0.2) is 8.42 Å². The second kappa shape index (κ2) is 8.47. The zero-order chi connectivity index (χ0) is 18.6. The summed E-state index contributed by atoms with van der Waals surface area (Å²) < 4.78 is 27.3. The summed E-state index contributed by atoms with van der Waals surface area (Å²) in [6.07, 6.45) is 2.88. The summed E-state index contributed by atoms with van der Waals surface area (Å²) in [4.78, 5) is 14.7. The highest BCUT2D eigenvalue weighted by molar-refractivity contribution is 7.89. The molecule has 0 spiro atoms. The number of piperazine rings is 1. The quantitative estimate of drug-likeness (QED) is 0.797. The number of carbonyl (C=O) groups excluding carboxylic acids is 1. The number of amides is 1. The fourth-order valence-corrected chi connectivity index (χ4v) is 4.96. The first kappa shape index (κ1) is 19.3. The molecule has 3 rings (SSSR count). The second-order valence-electron chi connectivity index (χ2n) is 7.02. The third-order valence-corrected chi connectivity index (χ3v) is 6.91. The number of nitrogens with zero attached hydrogens (tertiary/aromatic N) is 2. The molecule has 2 N–H and O–H groups in total. The van der Waals surface area contributed by atoms with Gasteiger partial charge in [0.15, 0.2) is 0 Å². The van der Waals surface area contributed by atoms with Crippen molar-refractivity contribution in [2.45, 2.75) is 31.1 Å². The number of rotatable bonds is 5. The predicted octanol–water partition coefficient (Wildman–Crippen LogP) is 1.01. The van der Waals surface area contributed by atoms with Crippen molar-refractivity contribution in [3.8, 4) is 0 Å². The molecule has 2 fully saturated rings. The lowest BCUT2D eigenvalue weighted by Gasteiger charge is -2.27. The lowest BCUT2D eigenvalue weighted by atomic mass is 10.2. The van der Waals surface area contributed by atoms with Crippen LogP contribution in [0.2, 0.25) is 0 Å². The molecular weight excluding hydrogens is 352 g/mol. The van der Waals surface area contributed by atoms with Gasteiger partial charge in [0.1, 0.15) is 0 Å². The molecule has 0 radical (unpaired) electrons. The molecule has 0 saturated carbocycles. The van der Waals surface area contributed by atoms with Crippen LogP contribution in [-0.2, 0) is 14.8 Å². The highest BCUT2D eigenvalue weighted by Crippen LogP contribution is 2.25. The number of hydrogen-bond acceptors (Lipinski definition) is 5. The molecule has 1 amide bonds. The van der Waals surface area contributed by atoms with Crippen LogP contribution in [0.25, 0.3) is 0 Å². The zero-order valence-electron chi connectivity index (χ0n) is 15.3. The number of benzene rings is 1. The third-order valence-electron chi connectivity index (χ3n) is 5.01. The average Bonchev–Trinajstić information content (AvgIpc) is 2.65. The van der Waals surface area contributed by atoms with Crippen LogP contribution in [0.15, 0.2) is 23.1 Å². The SMILES string of the molecule is Cc1ccc(S(=O)(=O)N2CCCCC2)cc1NC(=O)CN1CCNCC1. The topological polar surface area (TPSA) is 81.8 Å². The van der Waals surface area contributed by atoms with Crippen molar-refractivity contribution < 1.29 is 13.2 Å². The summed E-state index contributed by atoms with van der Waals surface area (Å²) in [6, 6.07) is 4.98. The van der Waals surface area contributed by atoms with Gasteiger partial charge < -0.3 is 10.6 Å². The number of piperidine rings is 1. The van der Waals surface area contributed by atoms with Crippen LogP contribution < -0.4 is 10.6 Å². The Hall–Kier alpha value is -1.48. The molecule has 0 unspecified atom stereocenters. The standard InChI is InChI=1S/C18H28N4O3S/c1-15-5-6-16(26(24,25)22-9-3-2-4-10-22)13-17(15)20-18(23)14-21-11-7-19-8-12-21/h5-6,13,19H,2-4,7-12,14H2,1H3,(H,20,23). The first-order valence-electron chi connectivity index (χ1n) is 9.30. The van der Waals surface area contributed by atoms with Crippen molar-refractivity contribution in [2.24, 2.45) is 0 Å². The largest absolute Gasteiger partial charge is 0.325 e. The maximum atomic E-state index is 12.9. The van der Waals surface area contributed by atoms with Crippen LogP contribution in [0.3, 0.4) is 0 Å². The van der Waals surface area contributed by atoms with E-state index >= 15 is 0 Å². The van der Waals surface area contributed by atoms with Gasteiger partial charge in [-0.15, -0.1) is 0 Å². The van der Waals surface area contributed by atoms with Crippen LogP contribution in [0.1, 0.15) is 24.8 Å². The maximum absolute atomic E-state index is 12.9. The number of carbonyl (C=O) groups is 1. The van der Waals surface area contributed by atoms with Gasteiger partial charge in [-0.1, -0.05) is 12.5 Å². The van der Waals surface area contributed by atoms with Crippen LogP contribution in [0.4, 0.5) is 5.69 Å². The van der Waals surface area contributed by atoms with Gasteiger partial charge in [0, 0.05) is 45.0 Å². The van der Waals surface area contributed by atoms with Gasteiger partial charge in [0.25, 0.3) is 0 Å². The molecule has 1 aromatic rings. The molecule has 2 aliphatic heterocycles. The highest BCUT2D eigenvalue weighted by Gasteiger charge is 2.26. The van der Waals surface area contributed by atoms with Gasteiger partial charge in [-0.2, -0.15) is 4.31 Å². The van der Waals surface area contributed by atoms with E-state index in [-0.39, 0.29) is 10.8 Å². The summed E-state index contributed by atoms with van der Waals surface area (Å²) in [6.45, 7) is 6.79. The lowest BCUT2D eigenvalue weighted by Crippen LogP contribution is -2.46. The molecule has 0 atom stereocenters. The molecule has 0 aromatic heterocycles. The summed E-state index contributed by atoms with van der Waals surface area (Å²) in [5.74, 6) is -0.109. The molecule has 2 aliphatic rings. The molecule has 0 aliphatic carbocycles. The zero-order valence-corrected chi connectivity index (χ0v) is 16.1. The fourth-order valence-electron chi connectivity index (χ4n) is 3.41. The minimum Gasteiger partial charge on any atom is -0.325 e. The van der Waals surface area contributed by atoms with Crippen molar-refractivity contribution in [1.29, 1.82) is 0 Å². The van der Waals surface area contributed by atoms with Crippen LogP contribution in [-0.4, -0.2) is 69.3 Å². The smallest absolute Gasteiger partial charge is 0.243 e. The monoisotopic (exact) mass is 380 g/mol. The Morgan fingerprint density at radius 2 is 1.81 bits per heavy atom. The lowest BCUT2D eigenvalue weighted by molar-refractivity contribution is -0.117. The molecule has 2 saturated heterocycles. The Bertz CT molecular complexity index is 739. The molecule has 144 valence electrons. The van der Waals surface area contributed by atoms with E-state index in [9.17, 15) is 13.2 Å². The van der Waals surface area contributed by atoms with Crippen molar-refractivity contribution in [2.75, 3.05) is 51.1 Å². The maximum Gasteiger partial charge on any atom is 0.243 e. The van der Waals surface area contributed by atoms with E-state index in [0.29, 0.717) is 25.3 Å². The third kappa shape index (κ3) is 4.62. The van der Waals surface area contributed by atoms with E-state index in [1.165, 1.54) is 0 Å². The number of aryl methyl sites for hydroxylation is 1. The van der Waals surface area contributed by atoms with E-state index in [0.717, 1.165) is 51.0 Å². The van der Waals surface area contributed by atoms with Crippen molar-refractivity contribution in [1.82, 2.24) is 14.5 Å². The Kier molecular flexibility index (Phi) is 6.29. The average molecular weight is 381 g/mol. The van der Waals surface area contributed by atoms with E-state index in [2.05, 4.69) is 15.5 Å².